The summed E-state index contributed by atoms with van der Waals surface area (Å²) >= 11 is 6.16. The number of amidine groups is 1. The van der Waals surface area contributed by atoms with Crippen LogP contribution in [0, 0.1) is 0 Å². The SMILES string of the molecule is CC1(Cl)N=C(N)c2ncn(C3CC(O)C(CO)O3)c2N1. The standard InChI is InChI=1S/C11H16ClN5O3/c1-11(12)15-9(13)8-10(16-11)17(4-14-8)7-2-5(19)6(3-18)20-7/h4-7,16,18-19H,2-3H2,1H3,(H2,13,15). The number of nitrogens with zero attached hydrogens (tertiary/aromatic N) is 3. The van der Waals surface area contributed by atoms with Gasteiger partial charge < -0.3 is 26.0 Å². The molecule has 9 heteroatoms. The third-order valence-corrected chi connectivity index (χ3v) is 3.59. The minimum absolute atomic E-state index is 0.237. The van der Waals surface area contributed by atoms with Crippen LogP contribution in [0.4, 0.5) is 5.82 Å². The van der Waals surface area contributed by atoms with Crippen molar-refractivity contribution < 1.29 is 14.9 Å². The Balaban J connectivity index is 1.93. The molecule has 0 spiro atoms. The number of anilines is 1. The van der Waals surface area contributed by atoms with E-state index in [1.165, 1.54) is 0 Å². The van der Waals surface area contributed by atoms with Crippen LogP contribution in [-0.4, -0.2) is 49.5 Å². The van der Waals surface area contributed by atoms with Gasteiger partial charge in [-0.05, 0) is 6.92 Å². The van der Waals surface area contributed by atoms with E-state index >= 15 is 0 Å². The smallest absolute Gasteiger partial charge is 0.206 e. The maximum atomic E-state index is 9.80. The zero-order valence-corrected chi connectivity index (χ0v) is 11.6. The number of ether oxygens (including phenoxy) is 1. The number of hydrogen-bond donors (Lipinski definition) is 4. The number of fused-ring (bicyclic) bond motifs is 1. The minimum atomic E-state index is -1.05. The summed E-state index contributed by atoms with van der Waals surface area (Å²) in [7, 11) is 0. The van der Waals surface area contributed by atoms with Gasteiger partial charge in [0, 0.05) is 6.42 Å². The van der Waals surface area contributed by atoms with Crippen LogP contribution in [0.5, 0.6) is 0 Å². The lowest BCUT2D eigenvalue weighted by atomic mass is 10.2. The van der Waals surface area contributed by atoms with Crippen molar-refractivity contribution in [2.24, 2.45) is 10.7 Å². The molecule has 1 aromatic rings. The Hall–Kier alpha value is -1.35. The summed E-state index contributed by atoms with van der Waals surface area (Å²) in [5.41, 5.74) is 6.33. The van der Waals surface area contributed by atoms with Crippen molar-refractivity contribution in [2.75, 3.05) is 11.9 Å². The largest absolute Gasteiger partial charge is 0.394 e. The normalized spacial score (nSPS) is 36.4. The molecule has 1 aromatic heterocycles. The number of nitrogens with two attached hydrogens (primary N) is 1. The fraction of sp³-hybridized carbons (Fsp3) is 0.636. The average Bonchev–Trinajstić information content (AvgIpc) is 2.91. The summed E-state index contributed by atoms with van der Waals surface area (Å²) in [6.45, 7) is 1.43. The Labute approximate surface area is 120 Å². The van der Waals surface area contributed by atoms with E-state index in [0.29, 0.717) is 17.9 Å². The number of alkyl halides is 1. The molecule has 2 aliphatic rings. The van der Waals surface area contributed by atoms with Gasteiger partial charge in [-0.1, -0.05) is 11.6 Å². The molecule has 3 rings (SSSR count). The molecule has 0 aromatic carbocycles. The quantitative estimate of drug-likeness (QED) is 0.435. The molecule has 110 valence electrons. The highest BCUT2D eigenvalue weighted by Gasteiger charge is 2.38. The number of aliphatic hydroxyl groups is 2. The van der Waals surface area contributed by atoms with E-state index in [0.717, 1.165) is 0 Å². The van der Waals surface area contributed by atoms with Crippen LogP contribution in [0.3, 0.4) is 0 Å². The number of aliphatic imine (C=N–C) groups is 1. The molecule has 2 aliphatic heterocycles. The van der Waals surface area contributed by atoms with Crippen LogP contribution in [0.2, 0.25) is 0 Å². The predicted octanol–water partition coefficient (Wildman–Crippen LogP) is -0.433. The molecular formula is C11H16ClN5O3. The summed E-state index contributed by atoms with van der Waals surface area (Å²) in [5, 5.41) is 20.9. The highest BCUT2D eigenvalue weighted by molar-refractivity contribution is 6.26. The Morgan fingerprint density at radius 1 is 1.70 bits per heavy atom. The van der Waals surface area contributed by atoms with Crippen LogP contribution in [0.15, 0.2) is 11.3 Å². The number of aromatic nitrogens is 2. The summed E-state index contributed by atoms with van der Waals surface area (Å²) < 4.78 is 7.30. The van der Waals surface area contributed by atoms with Crippen molar-refractivity contribution in [3.8, 4) is 0 Å². The fourth-order valence-corrected chi connectivity index (χ4v) is 2.64. The first-order valence-electron chi connectivity index (χ1n) is 6.25. The van der Waals surface area contributed by atoms with Crippen LogP contribution in [0.25, 0.3) is 0 Å². The minimum Gasteiger partial charge on any atom is -0.394 e. The maximum Gasteiger partial charge on any atom is 0.206 e. The van der Waals surface area contributed by atoms with E-state index in [-0.39, 0.29) is 12.4 Å². The second-order valence-electron chi connectivity index (χ2n) is 5.04. The highest BCUT2D eigenvalue weighted by atomic mass is 35.5. The number of imidazole rings is 1. The fourth-order valence-electron chi connectivity index (χ4n) is 2.46. The maximum absolute atomic E-state index is 9.80. The zero-order valence-electron chi connectivity index (χ0n) is 10.8. The van der Waals surface area contributed by atoms with E-state index < -0.39 is 23.6 Å². The summed E-state index contributed by atoms with van der Waals surface area (Å²) in [5.74, 6) is 0.832. The van der Waals surface area contributed by atoms with Crippen molar-refractivity contribution in [1.82, 2.24) is 9.55 Å². The van der Waals surface area contributed by atoms with E-state index in [2.05, 4.69) is 15.3 Å². The number of hydrogen-bond acceptors (Lipinski definition) is 7. The molecule has 8 nitrogen and oxygen atoms in total. The van der Waals surface area contributed by atoms with Gasteiger partial charge >= 0.3 is 0 Å². The molecule has 0 aliphatic carbocycles. The Morgan fingerprint density at radius 3 is 3.10 bits per heavy atom. The average molecular weight is 302 g/mol. The van der Waals surface area contributed by atoms with Gasteiger partial charge in [-0.3, -0.25) is 4.57 Å². The second kappa shape index (κ2) is 4.59. The molecule has 4 unspecified atom stereocenters. The lowest BCUT2D eigenvalue weighted by Crippen LogP contribution is -2.36. The third-order valence-electron chi connectivity index (χ3n) is 3.41. The topological polar surface area (TPSA) is 118 Å². The molecule has 0 radical (unpaired) electrons. The van der Waals surface area contributed by atoms with Gasteiger partial charge in [0.1, 0.15) is 23.8 Å². The third kappa shape index (κ3) is 2.14. The van der Waals surface area contributed by atoms with Gasteiger partial charge in [0.15, 0.2) is 5.84 Å². The molecule has 1 fully saturated rings. The van der Waals surface area contributed by atoms with Crippen LogP contribution >= 0.6 is 11.6 Å². The summed E-state index contributed by atoms with van der Waals surface area (Å²) in [6.07, 6.45) is 0.140. The monoisotopic (exact) mass is 301 g/mol. The predicted molar refractivity (Wildman–Crippen MR) is 72.5 cm³/mol. The van der Waals surface area contributed by atoms with Gasteiger partial charge in [-0.25, -0.2) is 9.98 Å². The lowest BCUT2D eigenvalue weighted by Gasteiger charge is -2.27. The van der Waals surface area contributed by atoms with Crippen molar-refractivity contribution in [2.45, 2.75) is 36.9 Å². The zero-order chi connectivity index (χ0) is 14.5. The van der Waals surface area contributed by atoms with Gasteiger partial charge in [0.25, 0.3) is 0 Å². The molecule has 5 N–H and O–H groups in total. The molecule has 0 saturated carbocycles. The number of aliphatic hydroxyl groups excluding tert-OH is 2. The molecular weight excluding hydrogens is 286 g/mol. The summed E-state index contributed by atoms with van der Waals surface area (Å²) in [6, 6.07) is 0. The number of nitrogens with one attached hydrogen (secondary N) is 1. The van der Waals surface area contributed by atoms with Gasteiger partial charge in [0.05, 0.1) is 19.0 Å². The van der Waals surface area contributed by atoms with Crippen LogP contribution in [0.1, 0.15) is 25.3 Å². The Morgan fingerprint density at radius 2 is 2.45 bits per heavy atom. The van der Waals surface area contributed by atoms with E-state index in [9.17, 15) is 5.11 Å². The van der Waals surface area contributed by atoms with Gasteiger partial charge in [0.2, 0.25) is 5.12 Å². The molecule has 1 saturated heterocycles. The molecule has 0 amide bonds. The first kappa shape index (κ1) is 13.6. The highest BCUT2D eigenvalue weighted by Crippen LogP contribution is 2.35. The Kier molecular flexibility index (Phi) is 3.13. The van der Waals surface area contributed by atoms with Crippen molar-refractivity contribution in [3.63, 3.8) is 0 Å². The van der Waals surface area contributed by atoms with E-state index in [1.807, 2.05) is 0 Å². The van der Waals surface area contributed by atoms with Crippen LogP contribution < -0.4 is 11.1 Å². The molecule has 20 heavy (non-hydrogen) atoms. The number of rotatable bonds is 2. The van der Waals surface area contributed by atoms with Gasteiger partial charge in [-0.15, -0.1) is 0 Å². The van der Waals surface area contributed by atoms with E-state index in [4.69, 9.17) is 27.2 Å². The first-order valence-corrected chi connectivity index (χ1v) is 6.63. The lowest BCUT2D eigenvalue weighted by molar-refractivity contribution is -0.0437. The molecule has 3 heterocycles. The summed E-state index contributed by atoms with van der Waals surface area (Å²) in [4.78, 5) is 8.27. The molecule has 4 atom stereocenters. The number of halogens is 1. The van der Waals surface area contributed by atoms with Crippen LogP contribution in [-0.2, 0) is 4.74 Å². The van der Waals surface area contributed by atoms with Crippen molar-refractivity contribution in [1.29, 1.82) is 0 Å². The van der Waals surface area contributed by atoms with E-state index in [1.54, 1.807) is 17.8 Å². The molecule has 0 bridgehead atoms. The van der Waals surface area contributed by atoms with Crippen molar-refractivity contribution >= 4 is 23.3 Å². The Bertz CT molecular complexity index is 558. The first-order chi connectivity index (χ1) is 9.41. The van der Waals surface area contributed by atoms with Crippen molar-refractivity contribution in [3.05, 3.63) is 12.0 Å². The second-order valence-corrected chi connectivity index (χ2v) is 5.78. The van der Waals surface area contributed by atoms with Gasteiger partial charge in [-0.2, -0.15) is 0 Å².